The molecule has 1 aromatic carbocycles. The first kappa shape index (κ1) is 18.6. The Labute approximate surface area is 157 Å². The summed E-state index contributed by atoms with van der Waals surface area (Å²) in [6, 6.07) is 8.91. The van der Waals surface area contributed by atoms with Crippen LogP contribution in [0, 0.1) is 19.8 Å². The maximum atomic E-state index is 5.98. The number of benzene rings is 1. The molecule has 1 aromatic heterocycles. The lowest BCUT2D eigenvalue weighted by molar-refractivity contribution is 0.198. The van der Waals surface area contributed by atoms with Crippen LogP contribution in [0.15, 0.2) is 24.3 Å². The van der Waals surface area contributed by atoms with Gasteiger partial charge in [-0.05, 0) is 44.7 Å². The van der Waals surface area contributed by atoms with Crippen molar-refractivity contribution in [1.82, 2.24) is 14.9 Å². The number of nitrogens with zero attached hydrogens (tertiary/aromatic N) is 3. The Hall–Kier alpha value is -2.14. The molecular formula is C21H31N5. The van der Waals surface area contributed by atoms with Gasteiger partial charge in [-0.15, -0.1) is 0 Å². The smallest absolute Gasteiger partial charge is 0.222 e. The molecule has 0 aliphatic carbocycles. The van der Waals surface area contributed by atoms with E-state index in [4.69, 9.17) is 5.73 Å². The molecule has 3 N–H and O–H groups in total. The number of aryl methyl sites for hydroxylation is 2. The van der Waals surface area contributed by atoms with E-state index in [-0.39, 0.29) is 0 Å². The van der Waals surface area contributed by atoms with E-state index in [1.807, 2.05) is 6.07 Å². The molecule has 26 heavy (non-hydrogen) atoms. The highest BCUT2D eigenvalue weighted by Gasteiger charge is 2.20. The third kappa shape index (κ3) is 4.94. The average Bonchev–Trinajstić information content (AvgIpc) is 2.55. The molecule has 0 saturated carbocycles. The van der Waals surface area contributed by atoms with Crippen LogP contribution in [-0.4, -0.2) is 40.5 Å². The Kier molecular flexibility index (Phi) is 5.77. The summed E-state index contributed by atoms with van der Waals surface area (Å²) in [5.41, 5.74) is 10.4. The number of likely N-dealkylation sites (tertiary alicyclic amines) is 1. The molecule has 0 bridgehead atoms. The zero-order valence-corrected chi connectivity index (χ0v) is 16.4. The number of rotatable bonds is 5. The molecule has 0 radical (unpaired) electrons. The van der Waals surface area contributed by atoms with Crippen molar-refractivity contribution in [2.75, 3.05) is 30.7 Å². The third-order valence-corrected chi connectivity index (χ3v) is 4.82. The maximum absolute atomic E-state index is 5.98. The van der Waals surface area contributed by atoms with Crippen LogP contribution in [0.2, 0.25) is 0 Å². The van der Waals surface area contributed by atoms with Gasteiger partial charge in [-0.25, -0.2) is 4.98 Å². The average molecular weight is 354 g/mol. The van der Waals surface area contributed by atoms with E-state index in [2.05, 4.69) is 66.1 Å². The number of nitrogen functional groups attached to an aromatic ring is 1. The highest BCUT2D eigenvalue weighted by Crippen LogP contribution is 2.24. The van der Waals surface area contributed by atoms with Crippen LogP contribution in [0.5, 0.6) is 0 Å². The summed E-state index contributed by atoms with van der Waals surface area (Å²) in [7, 11) is 0. The summed E-state index contributed by atoms with van der Waals surface area (Å²) < 4.78 is 0. The van der Waals surface area contributed by atoms with E-state index in [1.165, 1.54) is 17.7 Å². The van der Waals surface area contributed by atoms with Crippen molar-refractivity contribution >= 4 is 11.8 Å². The summed E-state index contributed by atoms with van der Waals surface area (Å²) in [6.07, 6.45) is 2.27. The molecule has 0 amide bonds. The van der Waals surface area contributed by atoms with E-state index >= 15 is 0 Å². The first-order valence-electron chi connectivity index (χ1n) is 9.61. The molecule has 0 atom stereocenters. The number of hydrogen-bond donors (Lipinski definition) is 2. The van der Waals surface area contributed by atoms with Crippen molar-refractivity contribution < 1.29 is 0 Å². The number of anilines is 2. The molecule has 3 rings (SSSR count). The monoisotopic (exact) mass is 353 g/mol. The van der Waals surface area contributed by atoms with Crippen LogP contribution in [0.1, 0.15) is 37.8 Å². The summed E-state index contributed by atoms with van der Waals surface area (Å²) in [4.78, 5) is 11.4. The minimum absolute atomic E-state index is 0.321. The van der Waals surface area contributed by atoms with Crippen molar-refractivity contribution in [3.63, 3.8) is 0 Å². The van der Waals surface area contributed by atoms with Crippen molar-refractivity contribution in [2.24, 2.45) is 5.92 Å². The second-order valence-electron chi connectivity index (χ2n) is 7.99. The molecule has 1 aliphatic rings. The van der Waals surface area contributed by atoms with Gasteiger partial charge in [-0.2, -0.15) is 4.98 Å². The Balaban J connectivity index is 1.71. The van der Waals surface area contributed by atoms with Gasteiger partial charge in [0.25, 0.3) is 0 Å². The van der Waals surface area contributed by atoms with Crippen molar-refractivity contribution in [3.8, 4) is 11.3 Å². The second-order valence-corrected chi connectivity index (χ2v) is 7.99. The molecule has 140 valence electrons. The van der Waals surface area contributed by atoms with E-state index in [1.54, 1.807) is 0 Å². The second kappa shape index (κ2) is 8.04. The lowest BCUT2D eigenvalue weighted by Gasteiger charge is -2.33. The predicted molar refractivity (Wildman–Crippen MR) is 109 cm³/mol. The number of piperidine rings is 1. The minimum Gasteiger partial charge on any atom is -0.368 e. The zero-order chi connectivity index (χ0) is 18.7. The quantitative estimate of drug-likeness (QED) is 0.854. The van der Waals surface area contributed by atoms with Gasteiger partial charge in [0.1, 0.15) is 5.82 Å². The number of aromatic nitrogens is 2. The number of hydrogen-bond acceptors (Lipinski definition) is 5. The fraction of sp³-hybridized carbons (Fsp3) is 0.524. The highest BCUT2D eigenvalue weighted by atomic mass is 15.2. The highest BCUT2D eigenvalue weighted by molar-refractivity contribution is 5.65. The molecule has 0 unspecified atom stereocenters. The van der Waals surface area contributed by atoms with Crippen LogP contribution < -0.4 is 11.1 Å². The van der Waals surface area contributed by atoms with Gasteiger partial charge in [-0.3, -0.25) is 0 Å². The molecule has 1 saturated heterocycles. The fourth-order valence-electron chi connectivity index (χ4n) is 3.80. The molecular weight excluding hydrogens is 322 g/mol. The third-order valence-electron chi connectivity index (χ3n) is 4.82. The van der Waals surface area contributed by atoms with Crippen molar-refractivity contribution in [1.29, 1.82) is 0 Å². The van der Waals surface area contributed by atoms with Crippen molar-refractivity contribution in [2.45, 2.75) is 46.6 Å². The lowest BCUT2D eigenvalue weighted by atomic mass is 10.0. The maximum Gasteiger partial charge on any atom is 0.222 e. The van der Waals surface area contributed by atoms with E-state index in [9.17, 15) is 0 Å². The normalized spacial score (nSPS) is 16.2. The Morgan fingerprint density at radius 1 is 1.08 bits per heavy atom. The lowest BCUT2D eigenvalue weighted by Crippen LogP contribution is -2.40. The molecule has 0 spiro atoms. The molecule has 1 fully saturated rings. The molecule has 1 aliphatic heterocycles. The Bertz CT molecular complexity index is 728. The summed E-state index contributed by atoms with van der Waals surface area (Å²) in [6.45, 7) is 12.2. The topological polar surface area (TPSA) is 67.1 Å². The fourth-order valence-corrected chi connectivity index (χ4v) is 3.80. The van der Waals surface area contributed by atoms with E-state index < -0.39 is 0 Å². The predicted octanol–water partition coefficient (Wildman–Crippen LogP) is 3.87. The van der Waals surface area contributed by atoms with E-state index in [0.29, 0.717) is 12.0 Å². The van der Waals surface area contributed by atoms with Crippen LogP contribution in [0.4, 0.5) is 11.8 Å². The first-order chi connectivity index (χ1) is 12.4. The summed E-state index contributed by atoms with van der Waals surface area (Å²) >= 11 is 0. The SMILES string of the molecule is Cc1cc(C)cc(-c2cc(NC3CCN(CC(C)C)CC3)nc(N)n2)c1. The van der Waals surface area contributed by atoms with Gasteiger partial charge < -0.3 is 16.0 Å². The van der Waals surface area contributed by atoms with Gasteiger partial charge in [0, 0.05) is 37.3 Å². The summed E-state index contributed by atoms with van der Waals surface area (Å²) in [5, 5.41) is 3.58. The first-order valence-corrected chi connectivity index (χ1v) is 9.61. The number of nitrogens with one attached hydrogen (secondary N) is 1. The number of nitrogens with two attached hydrogens (primary N) is 1. The van der Waals surface area contributed by atoms with Gasteiger partial charge >= 0.3 is 0 Å². The Morgan fingerprint density at radius 3 is 2.35 bits per heavy atom. The van der Waals surface area contributed by atoms with Crippen molar-refractivity contribution in [3.05, 3.63) is 35.4 Å². The summed E-state index contributed by atoms with van der Waals surface area (Å²) in [5.74, 6) is 1.87. The molecule has 2 aromatic rings. The molecule has 5 nitrogen and oxygen atoms in total. The van der Waals surface area contributed by atoms with Gasteiger partial charge in [0.2, 0.25) is 5.95 Å². The van der Waals surface area contributed by atoms with Gasteiger partial charge in [0.05, 0.1) is 5.69 Å². The van der Waals surface area contributed by atoms with Crippen LogP contribution >= 0.6 is 0 Å². The van der Waals surface area contributed by atoms with E-state index in [0.717, 1.165) is 48.9 Å². The standard InChI is InChI=1S/C21H31N5/c1-14(2)13-26-7-5-18(6-8-26)23-20-12-19(24-21(22)25-20)17-10-15(3)9-16(4)11-17/h9-12,14,18H,5-8,13H2,1-4H3,(H3,22,23,24,25). The zero-order valence-electron chi connectivity index (χ0n) is 16.4. The molecule has 5 heteroatoms. The van der Waals surface area contributed by atoms with Crippen LogP contribution in [-0.2, 0) is 0 Å². The molecule has 2 heterocycles. The minimum atomic E-state index is 0.321. The van der Waals surface area contributed by atoms with Gasteiger partial charge in [-0.1, -0.05) is 31.0 Å². The largest absolute Gasteiger partial charge is 0.368 e. The van der Waals surface area contributed by atoms with Gasteiger partial charge in [0.15, 0.2) is 0 Å². The van der Waals surface area contributed by atoms with Crippen LogP contribution in [0.25, 0.3) is 11.3 Å². The Morgan fingerprint density at radius 2 is 1.73 bits per heavy atom. The van der Waals surface area contributed by atoms with Crippen LogP contribution in [0.3, 0.4) is 0 Å².